The molecule has 1 saturated heterocycles. The fourth-order valence-corrected chi connectivity index (χ4v) is 3.61. The molecule has 0 spiro atoms. The number of aliphatic hydroxyl groups excluding tert-OH is 1. The fourth-order valence-electron chi connectivity index (χ4n) is 2.70. The molecule has 4 rings (SSSR count). The van der Waals surface area contributed by atoms with Crippen molar-refractivity contribution in [1.29, 1.82) is 0 Å². The van der Waals surface area contributed by atoms with E-state index in [2.05, 4.69) is 31.1 Å². The second kappa shape index (κ2) is 6.46. The van der Waals surface area contributed by atoms with Crippen LogP contribution < -0.4 is 4.90 Å². The van der Waals surface area contributed by atoms with Crippen molar-refractivity contribution >= 4 is 49.8 Å². The lowest BCUT2D eigenvalue weighted by molar-refractivity contribution is -0.132. The summed E-state index contributed by atoms with van der Waals surface area (Å²) in [4.78, 5) is 30.4. The molecular formula is C16H9BrN4O4S. The molecule has 3 aromatic rings. The zero-order chi connectivity index (χ0) is 18.3. The fraction of sp³-hybridized carbons (Fsp3) is 0.0625. The molecule has 1 N–H and O–H groups in total. The molecule has 1 amide bonds. The highest BCUT2D eigenvalue weighted by molar-refractivity contribution is 9.10. The SMILES string of the molecule is O=C1C(=O)N(c2nncs2)C(c2ccc(Br)o2)/C1=C(\O)c1cccnc1. The van der Waals surface area contributed by atoms with E-state index in [0.29, 0.717) is 16.0 Å². The number of hydrogen-bond donors (Lipinski definition) is 1. The van der Waals surface area contributed by atoms with Gasteiger partial charge < -0.3 is 9.52 Å². The van der Waals surface area contributed by atoms with Crippen LogP contribution in [0.25, 0.3) is 5.76 Å². The van der Waals surface area contributed by atoms with Gasteiger partial charge in [-0.05, 0) is 40.2 Å². The molecule has 130 valence electrons. The Labute approximate surface area is 158 Å². The minimum absolute atomic E-state index is 0.0972. The van der Waals surface area contributed by atoms with E-state index >= 15 is 0 Å². The second-order valence-corrected chi connectivity index (χ2v) is 6.87. The number of rotatable bonds is 3. The smallest absolute Gasteiger partial charge is 0.302 e. The number of anilines is 1. The summed E-state index contributed by atoms with van der Waals surface area (Å²) in [7, 11) is 0. The number of pyridine rings is 1. The van der Waals surface area contributed by atoms with Crippen molar-refractivity contribution in [3.8, 4) is 0 Å². The van der Waals surface area contributed by atoms with E-state index in [-0.39, 0.29) is 16.5 Å². The van der Waals surface area contributed by atoms with Gasteiger partial charge in [-0.2, -0.15) is 0 Å². The molecule has 8 nitrogen and oxygen atoms in total. The molecule has 1 aliphatic rings. The molecular weight excluding hydrogens is 424 g/mol. The number of amides is 1. The van der Waals surface area contributed by atoms with Crippen LogP contribution in [0, 0.1) is 0 Å². The molecule has 1 fully saturated rings. The number of Topliss-reactive ketones (excluding diaryl/α,β-unsaturated/α-hetero) is 1. The van der Waals surface area contributed by atoms with Gasteiger partial charge in [-0.3, -0.25) is 19.5 Å². The average Bonchev–Trinajstić information content (AvgIpc) is 3.37. The zero-order valence-corrected chi connectivity index (χ0v) is 15.3. The average molecular weight is 433 g/mol. The Morgan fingerprint density at radius 3 is 2.77 bits per heavy atom. The van der Waals surface area contributed by atoms with Crippen LogP contribution in [0.3, 0.4) is 0 Å². The molecule has 26 heavy (non-hydrogen) atoms. The van der Waals surface area contributed by atoms with Crippen molar-refractivity contribution in [2.24, 2.45) is 0 Å². The minimum atomic E-state index is -0.963. The van der Waals surface area contributed by atoms with Crippen LogP contribution in [0.4, 0.5) is 5.13 Å². The van der Waals surface area contributed by atoms with Crippen LogP contribution in [-0.2, 0) is 9.59 Å². The summed E-state index contributed by atoms with van der Waals surface area (Å²) in [6, 6.07) is 5.50. The first kappa shape index (κ1) is 16.6. The van der Waals surface area contributed by atoms with E-state index in [9.17, 15) is 14.7 Å². The maximum Gasteiger partial charge on any atom is 0.302 e. The van der Waals surface area contributed by atoms with E-state index in [1.165, 1.54) is 22.8 Å². The van der Waals surface area contributed by atoms with Gasteiger partial charge in [0, 0.05) is 18.0 Å². The number of halogens is 1. The summed E-state index contributed by atoms with van der Waals surface area (Å²) in [5, 5.41) is 18.6. The maximum absolute atomic E-state index is 12.7. The molecule has 0 saturated carbocycles. The standard InChI is InChI=1S/C16H9BrN4O4S/c17-10-4-3-9(25-10)12-11(13(22)8-2-1-5-18-6-8)14(23)15(24)21(12)16-20-19-7-26-16/h1-7,12,22H/b13-11+. The summed E-state index contributed by atoms with van der Waals surface area (Å²) in [6.45, 7) is 0. The predicted molar refractivity (Wildman–Crippen MR) is 95.3 cm³/mol. The molecule has 10 heteroatoms. The molecule has 0 aliphatic carbocycles. The predicted octanol–water partition coefficient (Wildman–Crippen LogP) is 2.91. The number of carbonyl (C=O) groups is 2. The van der Waals surface area contributed by atoms with Crippen LogP contribution in [-0.4, -0.2) is 32.0 Å². The van der Waals surface area contributed by atoms with Gasteiger partial charge in [-0.1, -0.05) is 11.3 Å². The van der Waals surface area contributed by atoms with Crippen LogP contribution in [0.2, 0.25) is 0 Å². The highest BCUT2D eigenvalue weighted by Gasteiger charge is 2.49. The Morgan fingerprint density at radius 2 is 2.15 bits per heavy atom. The van der Waals surface area contributed by atoms with Gasteiger partial charge in [0.05, 0.1) is 5.57 Å². The normalized spacial score (nSPS) is 19.3. The molecule has 1 unspecified atom stereocenters. The lowest BCUT2D eigenvalue weighted by atomic mass is 10.0. The Bertz CT molecular complexity index is 1020. The van der Waals surface area contributed by atoms with Gasteiger partial charge in [-0.15, -0.1) is 10.2 Å². The van der Waals surface area contributed by atoms with Crippen molar-refractivity contribution in [2.75, 3.05) is 4.90 Å². The van der Waals surface area contributed by atoms with Crippen LogP contribution >= 0.6 is 27.3 Å². The van der Waals surface area contributed by atoms with E-state index in [0.717, 1.165) is 11.3 Å². The third kappa shape index (κ3) is 2.63. The third-order valence-corrected chi connectivity index (χ3v) is 4.91. The minimum Gasteiger partial charge on any atom is -0.507 e. The monoisotopic (exact) mass is 432 g/mol. The quantitative estimate of drug-likeness (QED) is 0.384. The Kier molecular flexibility index (Phi) is 4.13. The molecule has 0 bridgehead atoms. The van der Waals surface area contributed by atoms with E-state index in [4.69, 9.17) is 4.42 Å². The first-order valence-electron chi connectivity index (χ1n) is 7.30. The second-order valence-electron chi connectivity index (χ2n) is 5.27. The maximum atomic E-state index is 12.7. The van der Waals surface area contributed by atoms with Crippen LogP contribution in [0.5, 0.6) is 0 Å². The molecule has 0 aromatic carbocycles. The van der Waals surface area contributed by atoms with Gasteiger partial charge in [-0.25, -0.2) is 0 Å². The molecule has 1 aliphatic heterocycles. The topological polar surface area (TPSA) is 109 Å². The number of aromatic nitrogens is 3. The van der Waals surface area contributed by atoms with Gasteiger partial charge >= 0.3 is 5.91 Å². The Morgan fingerprint density at radius 1 is 1.31 bits per heavy atom. The molecule has 0 radical (unpaired) electrons. The Hall–Kier alpha value is -2.85. The summed E-state index contributed by atoms with van der Waals surface area (Å²) < 4.78 is 6.00. The van der Waals surface area contributed by atoms with E-state index in [1.54, 1.807) is 24.3 Å². The van der Waals surface area contributed by atoms with Crippen LogP contribution in [0.1, 0.15) is 17.4 Å². The van der Waals surface area contributed by atoms with E-state index in [1.807, 2.05) is 0 Å². The molecule has 3 aromatic heterocycles. The van der Waals surface area contributed by atoms with Gasteiger partial charge in [0.15, 0.2) is 4.67 Å². The van der Waals surface area contributed by atoms with Crippen molar-refractivity contribution in [1.82, 2.24) is 15.2 Å². The van der Waals surface area contributed by atoms with Crippen molar-refractivity contribution in [3.63, 3.8) is 0 Å². The van der Waals surface area contributed by atoms with Crippen LogP contribution in [0.15, 0.2) is 56.8 Å². The lowest BCUT2D eigenvalue weighted by Gasteiger charge is -2.19. The van der Waals surface area contributed by atoms with Gasteiger partial charge in [0.2, 0.25) is 5.13 Å². The number of hydrogen-bond acceptors (Lipinski definition) is 8. The van der Waals surface area contributed by atoms with Gasteiger partial charge in [0.1, 0.15) is 23.1 Å². The number of nitrogens with zero attached hydrogens (tertiary/aromatic N) is 4. The summed E-state index contributed by atoms with van der Waals surface area (Å²) in [5.41, 5.74) is 1.67. The molecule has 1 atom stereocenters. The zero-order valence-electron chi connectivity index (χ0n) is 12.9. The summed E-state index contributed by atoms with van der Waals surface area (Å²) >= 11 is 4.31. The summed E-state index contributed by atoms with van der Waals surface area (Å²) in [5.74, 6) is -1.68. The highest BCUT2D eigenvalue weighted by Crippen LogP contribution is 2.43. The molecule has 4 heterocycles. The number of ketones is 1. The Balaban J connectivity index is 1.94. The number of aliphatic hydroxyl groups is 1. The number of furan rings is 1. The van der Waals surface area contributed by atoms with Gasteiger partial charge in [0.25, 0.3) is 5.78 Å². The van der Waals surface area contributed by atoms with Crippen molar-refractivity contribution < 1.29 is 19.1 Å². The summed E-state index contributed by atoms with van der Waals surface area (Å²) in [6.07, 6.45) is 2.94. The largest absolute Gasteiger partial charge is 0.507 e. The van der Waals surface area contributed by atoms with Crippen molar-refractivity contribution in [2.45, 2.75) is 6.04 Å². The number of carbonyl (C=O) groups excluding carboxylic acids is 2. The first-order valence-corrected chi connectivity index (χ1v) is 8.98. The highest BCUT2D eigenvalue weighted by atomic mass is 79.9. The first-order chi connectivity index (χ1) is 12.6. The third-order valence-electron chi connectivity index (χ3n) is 3.80. The van der Waals surface area contributed by atoms with Crippen molar-refractivity contribution in [3.05, 3.63) is 63.7 Å². The van der Waals surface area contributed by atoms with E-state index < -0.39 is 17.7 Å². The lowest BCUT2D eigenvalue weighted by Crippen LogP contribution is -2.29.